The highest BCUT2D eigenvalue weighted by Gasteiger charge is 2.23. The van der Waals surface area contributed by atoms with Crippen molar-refractivity contribution in [3.05, 3.63) is 36.2 Å². The molecule has 1 aromatic carbocycles. The summed E-state index contributed by atoms with van der Waals surface area (Å²) in [5.74, 6) is 2.90. The molecule has 178 valence electrons. The Morgan fingerprint density at radius 1 is 1.16 bits per heavy atom. The van der Waals surface area contributed by atoms with Gasteiger partial charge in [-0.05, 0) is 44.6 Å². The quantitative estimate of drug-likeness (QED) is 0.126. The first kappa shape index (κ1) is 26.8. The average Bonchev–Trinajstić information content (AvgIpc) is 3.46. The third-order valence-corrected chi connectivity index (χ3v) is 6.05. The van der Waals surface area contributed by atoms with Gasteiger partial charge in [-0.25, -0.2) is 0 Å². The Morgan fingerprint density at radius 2 is 1.94 bits per heavy atom. The summed E-state index contributed by atoms with van der Waals surface area (Å²) in [6.45, 7) is 5.19. The molecule has 1 fully saturated rings. The van der Waals surface area contributed by atoms with E-state index in [0.717, 1.165) is 61.6 Å². The number of para-hydroxylation sites is 1. The topological polar surface area (TPSA) is 76.4 Å². The molecule has 7 nitrogen and oxygen atoms in total. The largest absolute Gasteiger partial charge is 0.494 e. The minimum Gasteiger partial charge on any atom is -0.494 e. The fraction of sp³-hybridized carbons (Fsp3) is 0.609. The highest BCUT2D eigenvalue weighted by molar-refractivity contribution is 14.0. The van der Waals surface area contributed by atoms with Gasteiger partial charge in [0.15, 0.2) is 11.1 Å². The molecule has 0 atom stereocenters. The van der Waals surface area contributed by atoms with Gasteiger partial charge in [0.05, 0.1) is 6.61 Å². The van der Waals surface area contributed by atoms with Crippen LogP contribution in [0.2, 0.25) is 0 Å². The number of aliphatic imine (C=N–C) groups is 1. The van der Waals surface area contributed by atoms with Crippen molar-refractivity contribution in [1.82, 2.24) is 25.4 Å². The van der Waals surface area contributed by atoms with Crippen LogP contribution in [-0.2, 0) is 6.42 Å². The first-order chi connectivity index (χ1) is 15.3. The minimum atomic E-state index is 0. The van der Waals surface area contributed by atoms with Gasteiger partial charge in [-0.2, -0.15) is 0 Å². The van der Waals surface area contributed by atoms with Crippen LogP contribution < -0.4 is 15.4 Å². The number of benzene rings is 1. The number of hydrogen-bond donors (Lipinski definition) is 2. The third-order valence-electron chi connectivity index (χ3n) is 5.41. The Labute approximate surface area is 213 Å². The third kappa shape index (κ3) is 8.46. The van der Waals surface area contributed by atoms with Crippen molar-refractivity contribution in [2.75, 3.05) is 32.5 Å². The predicted molar refractivity (Wildman–Crippen MR) is 144 cm³/mol. The first-order valence-corrected chi connectivity index (χ1v) is 12.7. The molecule has 1 saturated carbocycles. The van der Waals surface area contributed by atoms with Crippen LogP contribution in [0.3, 0.4) is 0 Å². The fourth-order valence-electron chi connectivity index (χ4n) is 3.90. The number of ether oxygens (including phenoxy) is 1. The molecule has 9 heteroatoms. The van der Waals surface area contributed by atoms with E-state index in [0.29, 0.717) is 12.6 Å². The lowest BCUT2D eigenvalue weighted by molar-refractivity contribution is 0.313. The number of guanidine groups is 1. The van der Waals surface area contributed by atoms with Gasteiger partial charge in [0, 0.05) is 38.5 Å². The molecule has 0 unspecified atom stereocenters. The Balaban J connectivity index is 0.00000363. The van der Waals surface area contributed by atoms with Crippen LogP contribution in [0.15, 0.2) is 40.5 Å². The lowest BCUT2D eigenvalue weighted by Gasteiger charge is -2.16. The number of hydrogen-bond acceptors (Lipinski definition) is 5. The second kappa shape index (κ2) is 15.4. The Bertz CT molecular complexity index is 795. The van der Waals surface area contributed by atoms with Crippen molar-refractivity contribution in [3.63, 3.8) is 0 Å². The highest BCUT2D eigenvalue weighted by atomic mass is 127. The summed E-state index contributed by atoms with van der Waals surface area (Å²) < 4.78 is 8.13. The molecular weight excluding hydrogens is 535 g/mol. The Kier molecular flexibility index (Phi) is 12.8. The molecule has 32 heavy (non-hydrogen) atoms. The zero-order valence-electron chi connectivity index (χ0n) is 19.3. The number of nitrogens with zero attached hydrogens (tertiary/aromatic N) is 4. The van der Waals surface area contributed by atoms with Crippen molar-refractivity contribution in [1.29, 1.82) is 0 Å². The summed E-state index contributed by atoms with van der Waals surface area (Å²) in [6.07, 6.45) is 10.0. The van der Waals surface area contributed by atoms with E-state index in [9.17, 15) is 0 Å². The molecule has 0 saturated heterocycles. The SMILES string of the molecule is CCNC(=NCCCOc1ccccc1)NCCCc1nnc(SC)n1C1CCCC1.I. The van der Waals surface area contributed by atoms with Crippen LogP contribution in [0.5, 0.6) is 5.75 Å². The number of aryl methyl sites for hydroxylation is 1. The van der Waals surface area contributed by atoms with Crippen LogP contribution in [-0.4, -0.2) is 53.2 Å². The molecule has 3 rings (SSSR count). The summed E-state index contributed by atoms with van der Waals surface area (Å²) >= 11 is 1.70. The Morgan fingerprint density at radius 3 is 2.66 bits per heavy atom. The summed E-state index contributed by atoms with van der Waals surface area (Å²) in [6, 6.07) is 10.5. The van der Waals surface area contributed by atoms with E-state index in [1.807, 2.05) is 30.3 Å². The first-order valence-electron chi connectivity index (χ1n) is 11.5. The monoisotopic (exact) mass is 572 g/mol. The Hall–Kier alpha value is -1.49. The molecule has 1 heterocycles. The number of rotatable bonds is 12. The number of aromatic nitrogens is 3. The number of halogens is 1. The van der Waals surface area contributed by atoms with Gasteiger partial charge in [-0.3, -0.25) is 4.99 Å². The van der Waals surface area contributed by atoms with Gasteiger partial charge in [0.2, 0.25) is 0 Å². The zero-order chi connectivity index (χ0) is 21.7. The molecule has 2 aromatic rings. The molecule has 0 amide bonds. The van der Waals surface area contributed by atoms with Crippen molar-refractivity contribution in [2.45, 2.75) is 63.1 Å². The standard InChI is InChI=1S/C23H36N6OS.HI/c1-3-24-22(26-17-10-18-30-20-13-5-4-6-14-20)25-16-9-15-21-27-28-23(31-2)29(21)19-11-7-8-12-19;/h4-6,13-14,19H,3,7-12,15-18H2,1-2H3,(H2,24,25,26);1H. The van der Waals surface area contributed by atoms with E-state index in [1.165, 1.54) is 25.7 Å². The smallest absolute Gasteiger partial charge is 0.191 e. The molecular formula is C23H37IN6OS. The van der Waals surface area contributed by atoms with E-state index < -0.39 is 0 Å². The highest BCUT2D eigenvalue weighted by Crippen LogP contribution is 2.33. The van der Waals surface area contributed by atoms with Gasteiger partial charge >= 0.3 is 0 Å². The lowest BCUT2D eigenvalue weighted by atomic mass is 10.2. The van der Waals surface area contributed by atoms with Crippen molar-refractivity contribution in [3.8, 4) is 5.75 Å². The normalized spacial score (nSPS) is 14.2. The van der Waals surface area contributed by atoms with Crippen molar-refractivity contribution >= 4 is 41.7 Å². The lowest BCUT2D eigenvalue weighted by Crippen LogP contribution is -2.38. The summed E-state index contributed by atoms with van der Waals surface area (Å²) in [7, 11) is 0. The summed E-state index contributed by atoms with van der Waals surface area (Å²) in [4.78, 5) is 4.67. The van der Waals surface area contributed by atoms with Crippen LogP contribution in [0.25, 0.3) is 0 Å². The predicted octanol–water partition coefficient (Wildman–Crippen LogP) is 4.69. The molecule has 1 aliphatic carbocycles. The fourth-order valence-corrected chi connectivity index (χ4v) is 4.48. The van der Waals surface area contributed by atoms with Crippen molar-refractivity contribution in [2.24, 2.45) is 4.99 Å². The molecule has 1 aliphatic rings. The molecule has 1 aromatic heterocycles. The van der Waals surface area contributed by atoms with Crippen LogP contribution in [0, 0.1) is 0 Å². The molecule has 2 N–H and O–H groups in total. The zero-order valence-corrected chi connectivity index (χ0v) is 22.4. The average molecular weight is 573 g/mol. The van der Waals surface area contributed by atoms with Crippen LogP contribution in [0.4, 0.5) is 0 Å². The number of nitrogens with one attached hydrogen (secondary N) is 2. The van der Waals surface area contributed by atoms with Gasteiger partial charge in [0.1, 0.15) is 11.6 Å². The van der Waals surface area contributed by atoms with E-state index >= 15 is 0 Å². The van der Waals surface area contributed by atoms with E-state index in [4.69, 9.17) is 4.74 Å². The molecule has 0 radical (unpaired) electrons. The van der Waals surface area contributed by atoms with E-state index in [1.54, 1.807) is 11.8 Å². The van der Waals surface area contributed by atoms with Crippen molar-refractivity contribution < 1.29 is 4.74 Å². The second-order valence-corrected chi connectivity index (χ2v) is 8.49. The van der Waals surface area contributed by atoms with Gasteiger partial charge in [0.25, 0.3) is 0 Å². The second-order valence-electron chi connectivity index (χ2n) is 7.72. The summed E-state index contributed by atoms with van der Waals surface area (Å²) in [5.41, 5.74) is 0. The van der Waals surface area contributed by atoms with E-state index in [2.05, 4.69) is 43.6 Å². The van der Waals surface area contributed by atoms with Gasteiger partial charge in [-0.1, -0.05) is 42.8 Å². The molecule has 0 aliphatic heterocycles. The maximum Gasteiger partial charge on any atom is 0.191 e. The maximum atomic E-state index is 5.73. The maximum absolute atomic E-state index is 5.73. The van der Waals surface area contributed by atoms with Crippen LogP contribution >= 0.6 is 35.7 Å². The minimum absolute atomic E-state index is 0. The molecule has 0 spiro atoms. The van der Waals surface area contributed by atoms with Gasteiger partial charge in [-0.15, -0.1) is 34.2 Å². The summed E-state index contributed by atoms with van der Waals surface area (Å²) in [5, 5.41) is 16.7. The van der Waals surface area contributed by atoms with E-state index in [-0.39, 0.29) is 24.0 Å². The number of thioether (sulfide) groups is 1. The molecule has 0 bridgehead atoms. The van der Waals surface area contributed by atoms with Crippen LogP contribution in [0.1, 0.15) is 57.3 Å². The van der Waals surface area contributed by atoms with Gasteiger partial charge < -0.3 is 19.9 Å².